The zero-order chi connectivity index (χ0) is 14.8. The summed E-state index contributed by atoms with van der Waals surface area (Å²) in [5, 5.41) is 3.93. The van der Waals surface area contributed by atoms with E-state index in [0.29, 0.717) is 0 Å². The zero-order valence-electron chi connectivity index (χ0n) is 12.4. The largest absolute Gasteiger partial charge is 0.354 e. The topological polar surface area (TPSA) is 42.0 Å². The van der Waals surface area contributed by atoms with Gasteiger partial charge >= 0.3 is 0 Å². The molecule has 3 rings (SSSR count). The molecule has 0 aliphatic rings. The number of halogens is 1. The van der Waals surface area contributed by atoms with Crippen LogP contribution >= 0.6 is 28.3 Å². The van der Waals surface area contributed by atoms with Gasteiger partial charge in [-0.1, -0.05) is 47.7 Å². The summed E-state index contributed by atoms with van der Waals surface area (Å²) in [7, 11) is 0. The second kappa shape index (κ2) is 7.03. The molecule has 0 saturated carbocycles. The second-order valence-corrected chi connectivity index (χ2v) is 6.05. The van der Waals surface area contributed by atoms with Crippen LogP contribution in [0.15, 0.2) is 42.5 Å². The third-order valence-corrected chi connectivity index (χ3v) is 4.56. The number of hydrogen-bond acceptors (Lipinski definition) is 4. The number of nitrogens with one attached hydrogen (secondary N) is 1. The van der Waals surface area contributed by atoms with Gasteiger partial charge in [-0.2, -0.15) is 0 Å². The van der Waals surface area contributed by atoms with Gasteiger partial charge in [-0.3, -0.25) is 4.79 Å². The number of fused-ring (bicyclic) bond motifs is 1. The molecule has 3 aromatic rings. The van der Waals surface area contributed by atoms with E-state index in [1.807, 2.05) is 30.3 Å². The first kappa shape index (κ1) is 16.6. The summed E-state index contributed by atoms with van der Waals surface area (Å²) in [6, 6.07) is 13.5. The Hall–Kier alpha value is -1.72. The van der Waals surface area contributed by atoms with E-state index in [1.54, 1.807) is 11.3 Å². The van der Waals surface area contributed by atoms with Crippen LogP contribution in [0.25, 0.3) is 10.2 Å². The van der Waals surface area contributed by atoms with E-state index in [1.165, 1.54) is 11.1 Å². The number of anilines is 1. The Labute approximate surface area is 144 Å². The van der Waals surface area contributed by atoms with Crippen molar-refractivity contribution in [3.63, 3.8) is 0 Å². The molecule has 0 unspecified atom stereocenters. The van der Waals surface area contributed by atoms with Crippen molar-refractivity contribution >= 4 is 49.4 Å². The van der Waals surface area contributed by atoms with Gasteiger partial charge in [0.25, 0.3) is 0 Å². The Morgan fingerprint density at radius 1 is 1.14 bits per heavy atom. The summed E-state index contributed by atoms with van der Waals surface area (Å²) in [6.45, 7) is 4.43. The minimum absolute atomic E-state index is 0. The summed E-state index contributed by atoms with van der Waals surface area (Å²) in [5.74, 6) is 0.0720. The Kier molecular flexibility index (Phi) is 5.32. The fourth-order valence-electron chi connectivity index (χ4n) is 2.18. The fourth-order valence-corrected chi connectivity index (χ4v) is 3.10. The SMILES string of the molecule is Br.Cc1ccc2sc(NCC(=O)c3ccccc3)nc2c1C. The predicted molar refractivity (Wildman–Crippen MR) is 98.7 cm³/mol. The third kappa shape index (κ3) is 3.36. The number of carbonyl (C=O) groups excluding carboxylic acids is 1. The first-order chi connectivity index (χ1) is 10.1. The number of carbonyl (C=O) groups is 1. The molecule has 2 aromatic carbocycles. The van der Waals surface area contributed by atoms with Crippen molar-refractivity contribution in [2.75, 3.05) is 11.9 Å². The molecule has 1 N–H and O–H groups in total. The molecule has 3 nitrogen and oxygen atoms in total. The van der Waals surface area contributed by atoms with Crippen molar-refractivity contribution in [1.82, 2.24) is 4.98 Å². The van der Waals surface area contributed by atoms with Crippen molar-refractivity contribution in [3.8, 4) is 0 Å². The van der Waals surface area contributed by atoms with Gasteiger partial charge in [-0.15, -0.1) is 17.0 Å². The number of ketones is 1. The van der Waals surface area contributed by atoms with E-state index >= 15 is 0 Å². The highest BCUT2D eigenvalue weighted by atomic mass is 79.9. The number of hydrogen-bond donors (Lipinski definition) is 1. The quantitative estimate of drug-likeness (QED) is 0.665. The van der Waals surface area contributed by atoms with Crippen LogP contribution in [-0.2, 0) is 0 Å². The lowest BCUT2D eigenvalue weighted by Crippen LogP contribution is -2.13. The lowest BCUT2D eigenvalue weighted by atomic mass is 10.1. The summed E-state index contributed by atoms with van der Waals surface area (Å²) in [5.41, 5.74) is 4.18. The molecule has 0 bridgehead atoms. The van der Waals surface area contributed by atoms with E-state index in [-0.39, 0.29) is 29.3 Å². The molecular weight excluding hydrogens is 360 g/mol. The summed E-state index contributed by atoms with van der Waals surface area (Å²) < 4.78 is 1.15. The van der Waals surface area contributed by atoms with Gasteiger partial charge in [0.2, 0.25) is 0 Å². The minimum atomic E-state index is 0. The average Bonchev–Trinajstić information content (AvgIpc) is 2.93. The standard InChI is InChI=1S/C17H16N2OS.BrH/c1-11-8-9-15-16(12(11)2)19-17(21-15)18-10-14(20)13-6-4-3-5-7-13;/h3-9H,10H2,1-2H3,(H,18,19);1H. The smallest absolute Gasteiger partial charge is 0.184 e. The maximum Gasteiger partial charge on any atom is 0.184 e. The van der Waals surface area contributed by atoms with Gasteiger partial charge in [-0.05, 0) is 31.0 Å². The highest BCUT2D eigenvalue weighted by Crippen LogP contribution is 2.29. The monoisotopic (exact) mass is 376 g/mol. The van der Waals surface area contributed by atoms with Gasteiger partial charge < -0.3 is 5.32 Å². The Balaban J connectivity index is 0.00000176. The highest BCUT2D eigenvalue weighted by Gasteiger charge is 2.09. The summed E-state index contributed by atoms with van der Waals surface area (Å²) in [6.07, 6.45) is 0. The molecule has 0 aliphatic heterocycles. The van der Waals surface area contributed by atoms with Crippen LogP contribution in [-0.4, -0.2) is 17.3 Å². The molecular formula is C17H17BrN2OS. The minimum Gasteiger partial charge on any atom is -0.354 e. The average molecular weight is 377 g/mol. The van der Waals surface area contributed by atoms with Crippen LogP contribution in [0.5, 0.6) is 0 Å². The molecule has 0 saturated heterocycles. The molecule has 0 fully saturated rings. The fraction of sp³-hybridized carbons (Fsp3) is 0.176. The van der Waals surface area contributed by atoms with Crippen molar-refractivity contribution in [2.24, 2.45) is 0 Å². The number of rotatable bonds is 4. The Bertz CT molecular complexity index is 799. The van der Waals surface area contributed by atoms with Gasteiger partial charge in [0, 0.05) is 5.56 Å². The van der Waals surface area contributed by atoms with E-state index in [4.69, 9.17) is 0 Å². The Morgan fingerprint density at radius 3 is 2.59 bits per heavy atom. The third-order valence-electron chi connectivity index (χ3n) is 3.58. The predicted octanol–water partition coefficient (Wildman–Crippen LogP) is 4.79. The van der Waals surface area contributed by atoms with Crippen molar-refractivity contribution in [1.29, 1.82) is 0 Å². The molecule has 0 amide bonds. The van der Waals surface area contributed by atoms with Crippen molar-refractivity contribution < 1.29 is 4.79 Å². The van der Waals surface area contributed by atoms with E-state index < -0.39 is 0 Å². The highest BCUT2D eigenvalue weighted by molar-refractivity contribution is 8.93. The van der Waals surface area contributed by atoms with Crippen molar-refractivity contribution in [3.05, 3.63) is 59.2 Å². The molecule has 5 heteroatoms. The van der Waals surface area contributed by atoms with Crippen LogP contribution in [0.4, 0.5) is 5.13 Å². The number of benzene rings is 2. The lowest BCUT2D eigenvalue weighted by Gasteiger charge is -2.01. The Morgan fingerprint density at radius 2 is 1.86 bits per heavy atom. The summed E-state index contributed by atoms with van der Waals surface area (Å²) in [4.78, 5) is 16.7. The van der Waals surface area contributed by atoms with Crippen LogP contribution < -0.4 is 5.32 Å². The van der Waals surface area contributed by atoms with Gasteiger partial charge in [-0.25, -0.2) is 4.98 Å². The maximum absolute atomic E-state index is 12.1. The number of aryl methyl sites for hydroxylation is 2. The van der Waals surface area contributed by atoms with Crippen LogP contribution in [0.3, 0.4) is 0 Å². The molecule has 114 valence electrons. The molecule has 0 spiro atoms. The van der Waals surface area contributed by atoms with Crippen LogP contribution in [0, 0.1) is 13.8 Å². The number of Topliss-reactive ketones (excluding diaryl/α,β-unsaturated/α-hetero) is 1. The van der Waals surface area contributed by atoms with Gasteiger partial charge in [0.1, 0.15) is 0 Å². The number of aromatic nitrogens is 1. The molecule has 1 heterocycles. The normalized spacial score (nSPS) is 10.3. The first-order valence-electron chi connectivity index (χ1n) is 6.84. The lowest BCUT2D eigenvalue weighted by molar-refractivity contribution is 0.101. The first-order valence-corrected chi connectivity index (χ1v) is 7.65. The molecule has 0 atom stereocenters. The van der Waals surface area contributed by atoms with E-state index in [0.717, 1.165) is 20.9 Å². The van der Waals surface area contributed by atoms with Crippen LogP contribution in [0.1, 0.15) is 21.5 Å². The molecule has 1 aromatic heterocycles. The number of thiazole rings is 1. The zero-order valence-corrected chi connectivity index (χ0v) is 15.0. The van der Waals surface area contributed by atoms with E-state index in [9.17, 15) is 4.79 Å². The van der Waals surface area contributed by atoms with Gasteiger partial charge in [0.05, 0.1) is 16.8 Å². The van der Waals surface area contributed by atoms with Crippen molar-refractivity contribution in [2.45, 2.75) is 13.8 Å². The number of nitrogens with zero attached hydrogens (tertiary/aromatic N) is 1. The molecule has 0 radical (unpaired) electrons. The molecule has 0 aliphatic carbocycles. The maximum atomic E-state index is 12.1. The molecule has 22 heavy (non-hydrogen) atoms. The van der Waals surface area contributed by atoms with Crippen LogP contribution in [0.2, 0.25) is 0 Å². The summed E-state index contributed by atoms with van der Waals surface area (Å²) >= 11 is 1.58. The second-order valence-electron chi connectivity index (χ2n) is 5.02. The van der Waals surface area contributed by atoms with Gasteiger partial charge in [0.15, 0.2) is 10.9 Å². The van der Waals surface area contributed by atoms with E-state index in [2.05, 4.69) is 36.3 Å².